The standard InChI is InChI=1S/C12H15BrN2O5S/c1-3-15(2)11(16)7-14-21(19,20)8-4-5-10(13)9(6-8)12(17)18/h4-6,14H,3,7H2,1-2H3,(H,17,18). The van der Waals surface area contributed by atoms with E-state index in [1.165, 1.54) is 17.0 Å². The first kappa shape index (κ1) is 17.6. The quantitative estimate of drug-likeness (QED) is 0.765. The van der Waals surface area contributed by atoms with Crippen LogP contribution in [0.2, 0.25) is 0 Å². The number of hydrogen-bond acceptors (Lipinski definition) is 4. The van der Waals surface area contributed by atoms with Crippen LogP contribution in [0.5, 0.6) is 0 Å². The largest absolute Gasteiger partial charge is 0.478 e. The molecular weight excluding hydrogens is 364 g/mol. The highest BCUT2D eigenvalue weighted by molar-refractivity contribution is 9.10. The molecule has 1 aromatic rings. The number of rotatable bonds is 6. The third-order valence-electron chi connectivity index (χ3n) is 2.79. The molecule has 0 aliphatic heterocycles. The summed E-state index contributed by atoms with van der Waals surface area (Å²) in [6.45, 7) is 1.84. The molecule has 9 heteroatoms. The number of aromatic carboxylic acids is 1. The molecule has 1 amide bonds. The van der Waals surface area contributed by atoms with Crippen LogP contribution in [0.4, 0.5) is 0 Å². The van der Waals surface area contributed by atoms with Gasteiger partial charge in [0.25, 0.3) is 0 Å². The van der Waals surface area contributed by atoms with E-state index in [4.69, 9.17) is 5.11 Å². The molecule has 0 radical (unpaired) electrons. The molecule has 0 saturated carbocycles. The maximum Gasteiger partial charge on any atom is 0.336 e. The molecule has 2 N–H and O–H groups in total. The summed E-state index contributed by atoms with van der Waals surface area (Å²) in [6, 6.07) is 3.62. The Bertz CT molecular complexity index is 660. The highest BCUT2D eigenvalue weighted by Gasteiger charge is 2.19. The van der Waals surface area contributed by atoms with E-state index in [2.05, 4.69) is 20.7 Å². The van der Waals surface area contributed by atoms with Crippen LogP contribution in [-0.4, -0.2) is 50.4 Å². The number of hydrogen-bond donors (Lipinski definition) is 2. The van der Waals surface area contributed by atoms with Crippen molar-refractivity contribution in [1.29, 1.82) is 0 Å². The van der Waals surface area contributed by atoms with Crippen molar-refractivity contribution >= 4 is 37.8 Å². The van der Waals surface area contributed by atoms with Crippen molar-refractivity contribution in [3.8, 4) is 0 Å². The van der Waals surface area contributed by atoms with Crippen LogP contribution >= 0.6 is 15.9 Å². The van der Waals surface area contributed by atoms with E-state index < -0.39 is 16.0 Å². The molecule has 0 fully saturated rings. The second-order valence-corrected chi connectivity index (χ2v) is 6.80. The van der Waals surface area contributed by atoms with E-state index in [9.17, 15) is 18.0 Å². The normalized spacial score (nSPS) is 11.2. The number of halogens is 1. The third kappa shape index (κ3) is 4.51. The van der Waals surface area contributed by atoms with Gasteiger partial charge >= 0.3 is 5.97 Å². The van der Waals surface area contributed by atoms with Crippen molar-refractivity contribution in [2.24, 2.45) is 0 Å². The molecule has 0 saturated heterocycles. The van der Waals surface area contributed by atoms with Crippen LogP contribution < -0.4 is 4.72 Å². The number of carbonyl (C=O) groups is 2. The van der Waals surface area contributed by atoms with E-state index in [-0.39, 0.29) is 27.4 Å². The average Bonchev–Trinajstić information content (AvgIpc) is 2.43. The minimum atomic E-state index is -3.95. The van der Waals surface area contributed by atoms with Gasteiger partial charge in [0.2, 0.25) is 15.9 Å². The zero-order chi connectivity index (χ0) is 16.2. The summed E-state index contributed by atoms with van der Waals surface area (Å²) in [7, 11) is -2.40. The summed E-state index contributed by atoms with van der Waals surface area (Å²) in [5.41, 5.74) is -0.171. The first-order chi connectivity index (χ1) is 9.69. The van der Waals surface area contributed by atoms with Crippen LogP contribution in [0.3, 0.4) is 0 Å². The first-order valence-electron chi connectivity index (χ1n) is 5.95. The average molecular weight is 379 g/mol. The third-order valence-corrected chi connectivity index (χ3v) is 4.88. The maximum absolute atomic E-state index is 12.0. The minimum Gasteiger partial charge on any atom is -0.478 e. The lowest BCUT2D eigenvalue weighted by Crippen LogP contribution is -2.38. The molecule has 7 nitrogen and oxygen atoms in total. The number of nitrogens with one attached hydrogen (secondary N) is 1. The van der Waals surface area contributed by atoms with Gasteiger partial charge in [-0.1, -0.05) is 0 Å². The number of amides is 1. The Morgan fingerprint density at radius 1 is 1.38 bits per heavy atom. The summed E-state index contributed by atoms with van der Waals surface area (Å²) >= 11 is 3.03. The van der Waals surface area contributed by atoms with E-state index in [1.54, 1.807) is 14.0 Å². The zero-order valence-corrected chi connectivity index (χ0v) is 13.9. The van der Waals surface area contributed by atoms with Gasteiger partial charge < -0.3 is 10.0 Å². The second-order valence-electron chi connectivity index (χ2n) is 4.18. The van der Waals surface area contributed by atoms with Crippen molar-refractivity contribution in [1.82, 2.24) is 9.62 Å². The van der Waals surface area contributed by atoms with E-state index >= 15 is 0 Å². The van der Waals surface area contributed by atoms with Gasteiger partial charge in [0.05, 0.1) is 17.0 Å². The number of benzene rings is 1. The van der Waals surface area contributed by atoms with Gasteiger partial charge in [-0.15, -0.1) is 0 Å². The fourth-order valence-corrected chi connectivity index (χ4v) is 2.80. The monoisotopic (exact) mass is 378 g/mol. The Morgan fingerprint density at radius 3 is 2.52 bits per heavy atom. The summed E-state index contributed by atoms with van der Waals surface area (Å²) in [5.74, 6) is -1.63. The molecule has 1 rings (SSSR count). The lowest BCUT2D eigenvalue weighted by molar-refractivity contribution is -0.128. The second kappa shape index (κ2) is 7.01. The van der Waals surface area contributed by atoms with Gasteiger partial charge in [0.15, 0.2) is 0 Å². The van der Waals surface area contributed by atoms with Crippen molar-refractivity contribution < 1.29 is 23.1 Å². The molecule has 0 spiro atoms. The molecule has 0 bridgehead atoms. The molecule has 0 unspecified atom stereocenters. The van der Waals surface area contributed by atoms with Crippen molar-refractivity contribution in [3.05, 3.63) is 28.2 Å². The van der Waals surface area contributed by atoms with Gasteiger partial charge in [-0.3, -0.25) is 4.79 Å². The lowest BCUT2D eigenvalue weighted by atomic mass is 10.2. The number of likely N-dealkylation sites (N-methyl/N-ethyl adjacent to an activating group) is 1. The van der Waals surface area contributed by atoms with Crippen LogP contribution in [0, 0.1) is 0 Å². The van der Waals surface area contributed by atoms with E-state index in [0.717, 1.165) is 6.07 Å². The summed E-state index contributed by atoms with van der Waals surface area (Å²) in [6.07, 6.45) is 0. The SMILES string of the molecule is CCN(C)C(=O)CNS(=O)(=O)c1ccc(Br)c(C(=O)O)c1. The molecule has 0 atom stereocenters. The van der Waals surface area contributed by atoms with Crippen LogP contribution in [0.25, 0.3) is 0 Å². The molecule has 116 valence electrons. The Labute approximate surface area is 131 Å². The molecule has 0 aromatic heterocycles. The van der Waals surface area contributed by atoms with Crippen LogP contribution in [0.15, 0.2) is 27.6 Å². The van der Waals surface area contributed by atoms with Crippen molar-refractivity contribution in [3.63, 3.8) is 0 Å². The fraction of sp³-hybridized carbons (Fsp3) is 0.333. The van der Waals surface area contributed by atoms with Crippen molar-refractivity contribution in [2.45, 2.75) is 11.8 Å². The molecule has 0 heterocycles. The number of sulfonamides is 1. The highest BCUT2D eigenvalue weighted by atomic mass is 79.9. The van der Waals surface area contributed by atoms with Gasteiger partial charge in [0, 0.05) is 18.1 Å². The van der Waals surface area contributed by atoms with Gasteiger partial charge in [-0.25, -0.2) is 17.9 Å². The maximum atomic E-state index is 12.0. The first-order valence-corrected chi connectivity index (χ1v) is 8.23. The summed E-state index contributed by atoms with van der Waals surface area (Å²) in [5, 5.41) is 8.97. The van der Waals surface area contributed by atoms with Crippen LogP contribution in [-0.2, 0) is 14.8 Å². The smallest absolute Gasteiger partial charge is 0.336 e. The fourth-order valence-electron chi connectivity index (χ4n) is 1.39. The number of carboxylic acids is 1. The van der Waals surface area contributed by atoms with Crippen LogP contribution in [0.1, 0.15) is 17.3 Å². The Kier molecular flexibility index (Phi) is 5.87. The van der Waals surface area contributed by atoms with Gasteiger partial charge in [0.1, 0.15) is 0 Å². The van der Waals surface area contributed by atoms with Crippen molar-refractivity contribution in [2.75, 3.05) is 20.1 Å². The Morgan fingerprint density at radius 2 is 2.00 bits per heavy atom. The predicted molar refractivity (Wildman–Crippen MR) is 79.6 cm³/mol. The Balaban J connectivity index is 2.96. The molecule has 0 aliphatic rings. The minimum absolute atomic E-state index is 0.171. The highest BCUT2D eigenvalue weighted by Crippen LogP contribution is 2.20. The van der Waals surface area contributed by atoms with E-state index in [0.29, 0.717) is 6.54 Å². The lowest BCUT2D eigenvalue weighted by Gasteiger charge is -2.15. The van der Waals surface area contributed by atoms with E-state index in [1.807, 2.05) is 0 Å². The molecule has 21 heavy (non-hydrogen) atoms. The van der Waals surface area contributed by atoms with Gasteiger partial charge in [-0.05, 0) is 41.1 Å². The molecule has 0 aliphatic carbocycles. The topological polar surface area (TPSA) is 104 Å². The van der Waals surface area contributed by atoms with Gasteiger partial charge in [-0.2, -0.15) is 0 Å². The zero-order valence-electron chi connectivity index (χ0n) is 11.5. The summed E-state index contributed by atoms with van der Waals surface area (Å²) in [4.78, 5) is 23.7. The Hall–Kier alpha value is -1.45. The predicted octanol–water partition coefficient (Wildman–Crippen LogP) is 0.904. The molecule has 1 aromatic carbocycles. The molecular formula is C12H15BrN2O5S. The summed E-state index contributed by atoms with van der Waals surface area (Å²) < 4.78 is 26.5. The number of carboxylic acid groups (broad SMARTS) is 1. The number of nitrogens with zero attached hydrogens (tertiary/aromatic N) is 1. The number of carbonyl (C=O) groups excluding carboxylic acids is 1.